The Morgan fingerprint density at radius 1 is 1.35 bits per heavy atom. The summed E-state index contributed by atoms with van der Waals surface area (Å²) in [6, 6.07) is 1.57. The highest BCUT2D eigenvalue weighted by molar-refractivity contribution is 5.93. The van der Waals surface area contributed by atoms with Gasteiger partial charge in [-0.1, -0.05) is 0 Å². The van der Waals surface area contributed by atoms with Gasteiger partial charge in [0.2, 0.25) is 5.91 Å². The number of furan rings is 1. The van der Waals surface area contributed by atoms with Gasteiger partial charge in [0.15, 0.2) is 0 Å². The molecule has 0 saturated carbocycles. The van der Waals surface area contributed by atoms with Crippen molar-refractivity contribution in [2.75, 3.05) is 26.7 Å². The summed E-state index contributed by atoms with van der Waals surface area (Å²) in [5, 5.41) is 11.3. The van der Waals surface area contributed by atoms with E-state index in [9.17, 15) is 9.59 Å². The fraction of sp³-hybridized carbons (Fsp3) is 0.571. The number of carbonyl (C=O) groups is 2. The van der Waals surface area contributed by atoms with Gasteiger partial charge >= 0.3 is 0 Å². The smallest absolute Gasteiger partial charge is 0.254 e. The summed E-state index contributed by atoms with van der Waals surface area (Å²) in [6.07, 6.45) is 5.63. The molecule has 0 radical (unpaired) electrons. The number of aliphatic hydroxyl groups excluding tert-OH is 1. The minimum atomic E-state index is -0.239. The van der Waals surface area contributed by atoms with E-state index < -0.39 is 0 Å². The molecule has 0 spiro atoms. The van der Waals surface area contributed by atoms with E-state index in [1.165, 1.54) is 12.5 Å². The highest BCUT2D eigenvalue weighted by Crippen LogP contribution is 2.00. The molecule has 0 aliphatic heterocycles. The molecule has 20 heavy (non-hydrogen) atoms. The van der Waals surface area contributed by atoms with Crippen LogP contribution < -0.4 is 5.32 Å². The van der Waals surface area contributed by atoms with Gasteiger partial charge < -0.3 is 19.7 Å². The van der Waals surface area contributed by atoms with Crippen LogP contribution in [0, 0.1) is 0 Å². The number of nitrogens with zero attached hydrogens (tertiary/aromatic N) is 1. The molecule has 0 unspecified atom stereocenters. The number of aliphatic hydroxyl groups is 1. The molecule has 0 fully saturated rings. The molecule has 1 aromatic rings. The molecular weight excluding hydrogens is 260 g/mol. The van der Waals surface area contributed by atoms with E-state index >= 15 is 0 Å². The van der Waals surface area contributed by atoms with Gasteiger partial charge in [-0.05, 0) is 25.3 Å². The van der Waals surface area contributed by atoms with Gasteiger partial charge in [-0.3, -0.25) is 9.59 Å². The van der Waals surface area contributed by atoms with E-state index in [0.717, 1.165) is 19.3 Å². The summed E-state index contributed by atoms with van der Waals surface area (Å²) >= 11 is 0. The second kappa shape index (κ2) is 9.14. The number of amides is 2. The standard InChI is InChI=1S/C14H22N2O4/c1-16(8-3-2-4-9-17)13(18)5-7-15-14(19)12-6-10-20-11-12/h6,10-11,17H,2-5,7-9H2,1H3,(H,15,19). The van der Waals surface area contributed by atoms with Gasteiger partial charge in [0.1, 0.15) is 6.26 Å². The van der Waals surface area contributed by atoms with Gasteiger partial charge in [-0.15, -0.1) is 0 Å². The summed E-state index contributed by atoms with van der Waals surface area (Å²) in [7, 11) is 1.75. The first-order valence-corrected chi connectivity index (χ1v) is 6.80. The summed E-state index contributed by atoms with van der Waals surface area (Å²) in [6.45, 7) is 1.18. The van der Waals surface area contributed by atoms with Crippen LogP contribution in [-0.4, -0.2) is 48.6 Å². The zero-order valence-corrected chi connectivity index (χ0v) is 11.8. The van der Waals surface area contributed by atoms with Crippen molar-refractivity contribution >= 4 is 11.8 Å². The number of unbranched alkanes of at least 4 members (excludes halogenated alkanes) is 2. The lowest BCUT2D eigenvalue weighted by atomic mass is 10.2. The van der Waals surface area contributed by atoms with Crippen molar-refractivity contribution in [1.82, 2.24) is 10.2 Å². The molecule has 0 saturated heterocycles. The molecule has 0 bridgehead atoms. The van der Waals surface area contributed by atoms with E-state index in [1.54, 1.807) is 18.0 Å². The fourth-order valence-corrected chi connectivity index (χ4v) is 1.73. The molecule has 0 aliphatic rings. The van der Waals surface area contributed by atoms with Crippen molar-refractivity contribution in [3.05, 3.63) is 24.2 Å². The fourth-order valence-electron chi connectivity index (χ4n) is 1.73. The molecule has 6 nitrogen and oxygen atoms in total. The first-order valence-electron chi connectivity index (χ1n) is 6.80. The summed E-state index contributed by atoms with van der Waals surface area (Å²) in [5.74, 6) is -0.237. The van der Waals surface area contributed by atoms with Gasteiger partial charge in [0.05, 0.1) is 11.8 Å². The zero-order valence-electron chi connectivity index (χ0n) is 11.8. The third kappa shape index (κ3) is 5.88. The van der Waals surface area contributed by atoms with Crippen molar-refractivity contribution in [1.29, 1.82) is 0 Å². The lowest BCUT2D eigenvalue weighted by Crippen LogP contribution is -2.32. The predicted octanol–water partition coefficient (Wildman–Crippen LogP) is 1.02. The van der Waals surface area contributed by atoms with Crippen LogP contribution in [0.3, 0.4) is 0 Å². The monoisotopic (exact) mass is 282 g/mol. The van der Waals surface area contributed by atoms with E-state index in [4.69, 9.17) is 9.52 Å². The van der Waals surface area contributed by atoms with Crippen LogP contribution in [0.2, 0.25) is 0 Å². The van der Waals surface area contributed by atoms with Gasteiger partial charge in [0, 0.05) is 33.2 Å². The van der Waals surface area contributed by atoms with Crippen molar-refractivity contribution in [3.63, 3.8) is 0 Å². The average Bonchev–Trinajstić information content (AvgIpc) is 2.97. The first kappa shape index (κ1) is 16.2. The molecule has 1 heterocycles. The third-order valence-corrected chi connectivity index (χ3v) is 2.99. The molecule has 0 aromatic carbocycles. The maximum atomic E-state index is 11.8. The van der Waals surface area contributed by atoms with Gasteiger partial charge in [-0.25, -0.2) is 0 Å². The van der Waals surface area contributed by atoms with E-state index in [0.29, 0.717) is 18.7 Å². The van der Waals surface area contributed by atoms with E-state index in [1.807, 2.05) is 0 Å². The second-order valence-corrected chi connectivity index (χ2v) is 4.62. The quantitative estimate of drug-likeness (QED) is 0.662. The number of rotatable bonds is 9. The number of nitrogens with one attached hydrogen (secondary N) is 1. The Labute approximate surface area is 118 Å². The zero-order chi connectivity index (χ0) is 14.8. The molecular formula is C14H22N2O4. The van der Waals surface area contributed by atoms with Crippen LogP contribution in [0.4, 0.5) is 0 Å². The molecule has 0 aliphatic carbocycles. The molecule has 0 atom stereocenters. The van der Waals surface area contributed by atoms with Crippen LogP contribution in [0.15, 0.2) is 23.0 Å². The van der Waals surface area contributed by atoms with Crippen LogP contribution in [0.1, 0.15) is 36.0 Å². The lowest BCUT2D eigenvalue weighted by molar-refractivity contribution is -0.129. The molecule has 6 heteroatoms. The number of hydrogen-bond donors (Lipinski definition) is 2. The Kier molecular flexibility index (Phi) is 7.42. The predicted molar refractivity (Wildman–Crippen MR) is 74.2 cm³/mol. The van der Waals surface area contributed by atoms with Crippen LogP contribution in [-0.2, 0) is 4.79 Å². The van der Waals surface area contributed by atoms with E-state index in [-0.39, 0.29) is 24.8 Å². The van der Waals surface area contributed by atoms with Crippen molar-refractivity contribution in [2.45, 2.75) is 25.7 Å². The second-order valence-electron chi connectivity index (χ2n) is 4.62. The summed E-state index contributed by atoms with van der Waals surface area (Å²) < 4.78 is 4.81. The topological polar surface area (TPSA) is 82.8 Å². The Hall–Kier alpha value is -1.82. The Balaban J connectivity index is 2.14. The minimum Gasteiger partial charge on any atom is -0.472 e. The maximum Gasteiger partial charge on any atom is 0.254 e. The molecule has 112 valence electrons. The summed E-state index contributed by atoms with van der Waals surface area (Å²) in [4.78, 5) is 25.0. The Morgan fingerprint density at radius 2 is 2.15 bits per heavy atom. The van der Waals surface area contributed by atoms with Crippen molar-refractivity contribution < 1.29 is 19.1 Å². The van der Waals surface area contributed by atoms with Crippen LogP contribution >= 0.6 is 0 Å². The SMILES string of the molecule is CN(CCCCCO)C(=O)CCNC(=O)c1ccoc1. The molecule has 2 amide bonds. The molecule has 2 N–H and O–H groups in total. The van der Waals surface area contributed by atoms with Crippen LogP contribution in [0.25, 0.3) is 0 Å². The Bertz CT molecular complexity index is 403. The number of carbonyl (C=O) groups excluding carboxylic acids is 2. The van der Waals surface area contributed by atoms with Gasteiger partial charge in [0.25, 0.3) is 5.91 Å². The largest absolute Gasteiger partial charge is 0.472 e. The third-order valence-electron chi connectivity index (χ3n) is 2.99. The van der Waals surface area contributed by atoms with Crippen LogP contribution in [0.5, 0.6) is 0 Å². The first-order chi connectivity index (χ1) is 9.65. The number of hydrogen-bond acceptors (Lipinski definition) is 4. The normalized spacial score (nSPS) is 10.3. The highest BCUT2D eigenvalue weighted by atomic mass is 16.3. The lowest BCUT2D eigenvalue weighted by Gasteiger charge is -2.17. The Morgan fingerprint density at radius 3 is 2.80 bits per heavy atom. The summed E-state index contributed by atoms with van der Waals surface area (Å²) in [5.41, 5.74) is 0.454. The van der Waals surface area contributed by atoms with Gasteiger partial charge in [-0.2, -0.15) is 0 Å². The molecule has 1 rings (SSSR count). The highest BCUT2D eigenvalue weighted by Gasteiger charge is 2.10. The van der Waals surface area contributed by atoms with Crippen molar-refractivity contribution in [3.8, 4) is 0 Å². The van der Waals surface area contributed by atoms with Crippen molar-refractivity contribution in [2.24, 2.45) is 0 Å². The minimum absolute atomic E-state index is 0.00138. The average molecular weight is 282 g/mol. The maximum absolute atomic E-state index is 11.8. The van der Waals surface area contributed by atoms with E-state index in [2.05, 4.69) is 5.32 Å². The molecule has 1 aromatic heterocycles.